The molecule has 0 aliphatic heterocycles. The Morgan fingerprint density at radius 1 is 1.40 bits per heavy atom. The molecule has 20 heavy (non-hydrogen) atoms. The zero-order chi connectivity index (χ0) is 14.7. The third-order valence-corrected chi connectivity index (χ3v) is 4.31. The Kier molecular flexibility index (Phi) is 5.04. The Morgan fingerprint density at radius 3 is 2.85 bits per heavy atom. The van der Waals surface area contributed by atoms with Crippen molar-refractivity contribution in [2.24, 2.45) is 5.73 Å². The number of halogens is 3. The molecule has 0 fully saturated rings. The third kappa shape index (κ3) is 3.32. The normalized spacial score (nSPS) is 10.6. The summed E-state index contributed by atoms with van der Waals surface area (Å²) >= 11 is 15.3. The van der Waals surface area contributed by atoms with Gasteiger partial charge >= 0.3 is 0 Å². The minimum absolute atomic E-state index is 0.274. The first-order valence-electron chi connectivity index (χ1n) is 5.69. The van der Waals surface area contributed by atoms with E-state index in [1.54, 1.807) is 29.2 Å². The molecule has 0 spiro atoms. The highest BCUT2D eigenvalue weighted by Crippen LogP contribution is 2.35. The SMILES string of the molecule is NCCn1cnc(C(=O)Nc2ccc(Br)c(Cl)c2Cl)c1. The number of nitrogens with two attached hydrogens (primary N) is 1. The Morgan fingerprint density at radius 2 is 2.15 bits per heavy atom. The summed E-state index contributed by atoms with van der Waals surface area (Å²) in [6, 6.07) is 3.37. The second kappa shape index (κ2) is 6.58. The predicted molar refractivity (Wildman–Crippen MR) is 83.4 cm³/mol. The van der Waals surface area contributed by atoms with Crippen molar-refractivity contribution in [3.05, 3.63) is 44.9 Å². The van der Waals surface area contributed by atoms with Crippen LogP contribution in [-0.4, -0.2) is 22.0 Å². The van der Waals surface area contributed by atoms with Crippen LogP contribution in [0.25, 0.3) is 0 Å². The van der Waals surface area contributed by atoms with Crippen LogP contribution >= 0.6 is 39.1 Å². The number of carbonyl (C=O) groups excluding carboxylic acids is 1. The van der Waals surface area contributed by atoms with Gasteiger partial charge in [-0.15, -0.1) is 0 Å². The molecular formula is C12H11BrCl2N4O. The van der Waals surface area contributed by atoms with E-state index in [2.05, 4.69) is 26.2 Å². The van der Waals surface area contributed by atoms with Gasteiger partial charge in [-0.3, -0.25) is 4.79 Å². The van der Waals surface area contributed by atoms with Crippen LogP contribution in [0.3, 0.4) is 0 Å². The first-order valence-corrected chi connectivity index (χ1v) is 7.24. The maximum atomic E-state index is 12.0. The zero-order valence-electron chi connectivity index (χ0n) is 10.2. The average Bonchev–Trinajstić information content (AvgIpc) is 2.88. The van der Waals surface area contributed by atoms with Gasteiger partial charge in [0.05, 0.1) is 22.1 Å². The minimum Gasteiger partial charge on any atom is -0.335 e. The Balaban J connectivity index is 2.17. The number of nitrogens with zero attached hydrogens (tertiary/aromatic N) is 2. The molecule has 0 atom stereocenters. The van der Waals surface area contributed by atoms with Crippen LogP contribution in [0.5, 0.6) is 0 Å². The van der Waals surface area contributed by atoms with Crippen molar-refractivity contribution in [2.75, 3.05) is 11.9 Å². The summed E-state index contributed by atoms with van der Waals surface area (Å²) in [5.41, 5.74) is 6.15. The van der Waals surface area contributed by atoms with E-state index < -0.39 is 0 Å². The van der Waals surface area contributed by atoms with Gasteiger partial charge < -0.3 is 15.6 Å². The average molecular weight is 378 g/mol. The number of nitrogens with one attached hydrogen (secondary N) is 1. The third-order valence-electron chi connectivity index (χ3n) is 2.54. The molecule has 1 aromatic carbocycles. The van der Waals surface area contributed by atoms with Crippen molar-refractivity contribution >= 4 is 50.7 Å². The molecule has 0 unspecified atom stereocenters. The maximum Gasteiger partial charge on any atom is 0.275 e. The van der Waals surface area contributed by atoms with E-state index in [4.69, 9.17) is 28.9 Å². The van der Waals surface area contributed by atoms with E-state index in [0.717, 1.165) is 0 Å². The van der Waals surface area contributed by atoms with E-state index in [-0.39, 0.29) is 16.6 Å². The number of amides is 1. The van der Waals surface area contributed by atoms with Crippen molar-refractivity contribution in [1.29, 1.82) is 0 Å². The monoisotopic (exact) mass is 376 g/mol. The van der Waals surface area contributed by atoms with Crippen LogP contribution in [0.15, 0.2) is 29.1 Å². The van der Waals surface area contributed by atoms with Crippen LogP contribution in [0.4, 0.5) is 5.69 Å². The summed E-state index contributed by atoms with van der Waals surface area (Å²) in [6.07, 6.45) is 3.18. The van der Waals surface area contributed by atoms with Crippen molar-refractivity contribution < 1.29 is 4.79 Å². The lowest BCUT2D eigenvalue weighted by atomic mass is 10.3. The van der Waals surface area contributed by atoms with Gasteiger partial charge in [0.15, 0.2) is 0 Å². The van der Waals surface area contributed by atoms with Gasteiger partial charge in [-0.2, -0.15) is 0 Å². The number of hydrogen-bond donors (Lipinski definition) is 2. The van der Waals surface area contributed by atoms with E-state index in [1.807, 2.05) is 0 Å². The minimum atomic E-state index is -0.360. The lowest BCUT2D eigenvalue weighted by Crippen LogP contribution is -2.13. The van der Waals surface area contributed by atoms with Crippen LogP contribution in [0, 0.1) is 0 Å². The molecule has 1 amide bonds. The van der Waals surface area contributed by atoms with Gasteiger partial charge in [0.25, 0.3) is 5.91 Å². The molecule has 0 saturated heterocycles. The lowest BCUT2D eigenvalue weighted by Gasteiger charge is -2.08. The number of carbonyl (C=O) groups is 1. The van der Waals surface area contributed by atoms with Gasteiger partial charge in [-0.1, -0.05) is 23.2 Å². The highest BCUT2D eigenvalue weighted by atomic mass is 79.9. The Hall–Kier alpha value is -1.08. The van der Waals surface area contributed by atoms with Crippen LogP contribution < -0.4 is 11.1 Å². The summed E-state index contributed by atoms with van der Waals surface area (Å²) in [6.45, 7) is 1.08. The fourth-order valence-electron chi connectivity index (χ4n) is 1.56. The zero-order valence-corrected chi connectivity index (χ0v) is 13.3. The molecule has 8 heteroatoms. The molecule has 0 radical (unpaired) electrons. The van der Waals surface area contributed by atoms with E-state index in [9.17, 15) is 4.79 Å². The van der Waals surface area contributed by atoms with E-state index >= 15 is 0 Å². The number of anilines is 1. The molecular weight excluding hydrogens is 367 g/mol. The smallest absolute Gasteiger partial charge is 0.275 e. The number of rotatable bonds is 4. The van der Waals surface area contributed by atoms with Crippen LogP contribution in [0.1, 0.15) is 10.5 Å². The summed E-state index contributed by atoms with van der Waals surface area (Å²) in [4.78, 5) is 16.1. The highest BCUT2D eigenvalue weighted by Gasteiger charge is 2.14. The lowest BCUT2D eigenvalue weighted by molar-refractivity contribution is 0.102. The van der Waals surface area contributed by atoms with Gasteiger partial charge in [0.2, 0.25) is 0 Å². The van der Waals surface area contributed by atoms with Crippen molar-refractivity contribution in [2.45, 2.75) is 6.54 Å². The molecule has 2 aromatic rings. The second-order valence-corrected chi connectivity index (χ2v) is 5.57. The summed E-state index contributed by atoms with van der Waals surface area (Å²) in [5.74, 6) is -0.360. The number of hydrogen-bond acceptors (Lipinski definition) is 3. The van der Waals surface area contributed by atoms with Gasteiger partial charge in [0, 0.05) is 23.8 Å². The molecule has 5 nitrogen and oxygen atoms in total. The van der Waals surface area contributed by atoms with Crippen LogP contribution in [0.2, 0.25) is 10.0 Å². The van der Waals surface area contributed by atoms with Gasteiger partial charge in [0.1, 0.15) is 5.69 Å². The van der Waals surface area contributed by atoms with Crippen LogP contribution in [-0.2, 0) is 6.54 Å². The standard InChI is InChI=1S/C12H11BrCl2N4O/c13-7-1-2-8(11(15)10(7)14)18-12(20)9-5-19(4-3-16)6-17-9/h1-2,5-6H,3-4,16H2,(H,18,20). The number of benzene rings is 1. The van der Waals surface area contributed by atoms with E-state index in [1.165, 1.54) is 0 Å². The van der Waals surface area contributed by atoms with Gasteiger partial charge in [-0.25, -0.2) is 4.98 Å². The quantitative estimate of drug-likeness (QED) is 0.803. The first-order chi connectivity index (χ1) is 9.52. The molecule has 2 rings (SSSR count). The fraction of sp³-hybridized carbons (Fsp3) is 0.167. The number of imidazole rings is 1. The molecule has 106 valence electrons. The molecule has 0 saturated carbocycles. The molecule has 3 N–H and O–H groups in total. The molecule has 1 heterocycles. The molecule has 1 aromatic heterocycles. The second-order valence-electron chi connectivity index (χ2n) is 3.96. The topological polar surface area (TPSA) is 72.9 Å². The summed E-state index contributed by atoms with van der Waals surface area (Å²) in [5, 5.41) is 3.29. The molecule has 0 aliphatic rings. The van der Waals surface area contributed by atoms with Crippen molar-refractivity contribution in [1.82, 2.24) is 9.55 Å². The van der Waals surface area contributed by atoms with E-state index in [0.29, 0.717) is 28.3 Å². The summed E-state index contributed by atoms with van der Waals surface area (Å²) < 4.78 is 2.40. The largest absolute Gasteiger partial charge is 0.335 e. The van der Waals surface area contributed by atoms with Gasteiger partial charge in [-0.05, 0) is 28.1 Å². The first kappa shape index (κ1) is 15.3. The molecule has 0 aliphatic carbocycles. The highest BCUT2D eigenvalue weighted by molar-refractivity contribution is 9.10. The molecule has 0 bridgehead atoms. The Labute approximate surface area is 134 Å². The van der Waals surface area contributed by atoms with Crippen molar-refractivity contribution in [3.8, 4) is 0 Å². The summed E-state index contributed by atoms with van der Waals surface area (Å²) in [7, 11) is 0. The predicted octanol–water partition coefficient (Wildman–Crippen LogP) is 3.16. The number of aromatic nitrogens is 2. The van der Waals surface area contributed by atoms with Crippen molar-refractivity contribution in [3.63, 3.8) is 0 Å². The Bertz CT molecular complexity index is 644. The fourth-order valence-corrected chi connectivity index (χ4v) is 2.38. The maximum absolute atomic E-state index is 12.0.